The molecule has 0 saturated heterocycles. The Bertz CT molecular complexity index is 1710. The third-order valence-corrected chi connectivity index (χ3v) is 6.70. The van der Waals surface area contributed by atoms with Crippen LogP contribution in [0.1, 0.15) is 22.5 Å². The van der Waals surface area contributed by atoms with Crippen LogP contribution >= 0.6 is 0 Å². The summed E-state index contributed by atoms with van der Waals surface area (Å²) in [6.45, 7) is 10.4. The molecule has 0 spiro atoms. The number of rotatable bonds is 10. The van der Waals surface area contributed by atoms with Crippen LogP contribution in [0.2, 0.25) is 0 Å². The van der Waals surface area contributed by atoms with E-state index in [9.17, 15) is 4.39 Å². The zero-order valence-electron chi connectivity index (χ0n) is 22.6. The molecule has 2 aromatic heterocycles. The van der Waals surface area contributed by atoms with Gasteiger partial charge in [-0.15, -0.1) is 0 Å². The van der Waals surface area contributed by atoms with Crippen LogP contribution in [0.3, 0.4) is 0 Å². The van der Waals surface area contributed by atoms with E-state index < -0.39 is 5.82 Å². The van der Waals surface area contributed by atoms with Gasteiger partial charge in [0.2, 0.25) is 5.88 Å². The first-order valence-electron chi connectivity index (χ1n) is 12.9. The van der Waals surface area contributed by atoms with Gasteiger partial charge in [-0.05, 0) is 42.8 Å². The summed E-state index contributed by atoms with van der Waals surface area (Å²) in [6, 6.07) is 22.1. The number of fused-ring (bicyclic) bond motifs is 1. The molecule has 5 rings (SSSR count). The lowest BCUT2D eigenvalue weighted by atomic mass is 10.0. The van der Waals surface area contributed by atoms with Gasteiger partial charge in [0.05, 0.1) is 37.0 Å². The van der Waals surface area contributed by atoms with Crippen LogP contribution in [0.4, 0.5) is 10.1 Å². The Hall–Kier alpha value is -4.74. The van der Waals surface area contributed by atoms with E-state index in [1.807, 2.05) is 30.3 Å². The molecule has 0 atom stereocenters. The molecule has 5 aromatic rings. The molecule has 0 saturated carbocycles. The Balaban J connectivity index is 1.38. The molecule has 202 valence electrons. The number of imidazole rings is 1. The fourth-order valence-corrected chi connectivity index (χ4v) is 4.60. The fraction of sp³-hybridized carbons (Fsp3) is 0.219. The summed E-state index contributed by atoms with van der Waals surface area (Å²) in [5.41, 5.74) is 6.40. The highest BCUT2D eigenvalue weighted by Crippen LogP contribution is 2.30. The van der Waals surface area contributed by atoms with Crippen molar-refractivity contribution in [3.05, 3.63) is 113 Å². The van der Waals surface area contributed by atoms with Crippen molar-refractivity contribution >= 4 is 16.7 Å². The fourth-order valence-electron chi connectivity index (χ4n) is 4.60. The number of aromatic nitrogens is 3. The topological polar surface area (TPSA) is 62.8 Å². The summed E-state index contributed by atoms with van der Waals surface area (Å²) < 4.78 is 33.4. The number of benzene rings is 3. The Labute approximate surface area is 232 Å². The molecule has 8 heteroatoms. The van der Waals surface area contributed by atoms with Gasteiger partial charge in [-0.1, -0.05) is 36.4 Å². The summed E-state index contributed by atoms with van der Waals surface area (Å²) in [4.78, 5) is 12.8. The lowest BCUT2D eigenvalue weighted by Crippen LogP contribution is -2.09. The van der Waals surface area contributed by atoms with Crippen LogP contribution in [-0.2, 0) is 24.3 Å². The van der Waals surface area contributed by atoms with Crippen molar-refractivity contribution in [2.24, 2.45) is 0 Å². The minimum atomic E-state index is -0.476. The second-order valence-corrected chi connectivity index (χ2v) is 9.41. The van der Waals surface area contributed by atoms with Crippen molar-refractivity contribution in [2.75, 3.05) is 20.8 Å². The van der Waals surface area contributed by atoms with Crippen LogP contribution in [0.5, 0.6) is 11.6 Å². The standard InChI is InChI=1S/C32H29FN4O3/c1-21-8-13-28-29(16-21)37(14-15-38-3)31(35-28)18-23-10-9-22(17-30(23)39-4)27-6-5-7-32(36-27)40-20-24-11-12-25(34-2)19-26(24)33/h5-13,16-17,19H,14-15,18,20H2,1,3-4H3. The average molecular weight is 537 g/mol. The molecule has 3 aromatic carbocycles. The zero-order valence-corrected chi connectivity index (χ0v) is 22.6. The van der Waals surface area contributed by atoms with E-state index in [0.717, 1.165) is 33.7 Å². The zero-order chi connectivity index (χ0) is 28.1. The van der Waals surface area contributed by atoms with Gasteiger partial charge in [0.25, 0.3) is 0 Å². The predicted octanol–water partition coefficient (Wildman–Crippen LogP) is 6.92. The van der Waals surface area contributed by atoms with E-state index >= 15 is 0 Å². The highest BCUT2D eigenvalue weighted by atomic mass is 19.1. The molecule has 0 aliphatic heterocycles. The lowest BCUT2D eigenvalue weighted by molar-refractivity contribution is 0.187. The van der Waals surface area contributed by atoms with Gasteiger partial charge < -0.3 is 18.8 Å². The van der Waals surface area contributed by atoms with E-state index in [4.69, 9.17) is 25.8 Å². The minimum absolute atomic E-state index is 0.00637. The maximum atomic E-state index is 14.3. The molecule has 0 aliphatic rings. The van der Waals surface area contributed by atoms with E-state index in [2.05, 4.69) is 39.5 Å². The van der Waals surface area contributed by atoms with E-state index in [0.29, 0.717) is 36.7 Å². The molecular weight excluding hydrogens is 507 g/mol. The van der Waals surface area contributed by atoms with Gasteiger partial charge in [0, 0.05) is 42.8 Å². The van der Waals surface area contributed by atoms with Crippen molar-refractivity contribution in [2.45, 2.75) is 26.5 Å². The smallest absolute Gasteiger partial charge is 0.214 e. The monoisotopic (exact) mass is 536 g/mol. The first-order valence-corrected chi connectivity index (χ1v) is 12.9. The average Bonchev–Trinajstić information content (AvgIpc) is 3.31. The largest absolute Gasteiger partial charge is 0.496 e. The second kappa shape index (κ2) is 12.0. The maximum absolute atomic E-state index is 14.3. The SMILES string of the molecule is [C-]#[N+]c1ccc(COc2cccc(-c3ccc(Cc4nc5ccc(C)cc5n4CCOC)c(OC)c3)n2)c(F)c1. The van der Waals surface area contributed by atoms with E-state index in [1.165, 1.54) is 11.6 Å². The summed E-state index contributed by atoms with van der Waals surface area (Å²) >= 11 is 0. The molecule has 0 aliphatic carbocycles. The summed E-state index contributed by atoms with van der Waals surface area (Å²) in [5, 5.41) is 0. The van der Waals surface area contributed by atoms with Crippen LogP contribution in [-0.4, -0.2) is 35.4 Å². The van der Waals surface area contributed by atoms with Crippen LogP contribution < -0.4 is 9.47 Å². The normalized spacial score (nSPS) is 11.0. The number of aryl methyl sites for hydroxylation is 1. The highest BCUT2D eigenvalue weighted by Gasteiger charge is 2.15. The van der Waals surface area contributed by atoms with Crippen molar-refractivity contribution in [1.82, 2.24) is 14.5 Å². The number of hydrogen-bond acceptors (Lipinski definition) is 5. The van der Waals surface area contributed by atoms with Crippen LogP contribution in [0, 0.1) is 19.3 Å². The molecule has 0 amide bonds. The second-order valence-electron chi connectivity index (χ2n) is 9.41. The molecule has 0 radical (unpaired) electrons. The molecule has 7 nitrogen and oxygen atoms in total. The number of nitrogens with zero attached hydrogens (tertiary/aromatic N) is 4. The molecule has 0 N–H and O–H groups in total. The highest BCUT2D eigenvalue weighted by molar-refractivity contribution is 5.77. The first kappa shape index (κ1) is 26.9. The number of hydrogen-bond donors (Lipinski definition) is 0. The molecule has 0 unspecified atom stereocenters. The Morgan fingerprint density at radius 3 is 2.58 bits per heavy atom. The van der Waals surface area contributed by atoms with Crippen LogP contribution in [0.25, 0.3) is 27.1 Å². The Kier molecular flexibility index (Phi) is 8.04. The number of methoxy groups -OCH3 is 2. The first-order chi connectivity index (χ1) is 19.5. The number of ether oxygens (including phenoxy) is 3. The minimum Gasteiger partial charge on any atom is -0.496 e. The Morgan fingerprint density at radius 1 is 0.950 bits per heavy atom. The van der Waals surface area contributed by atoms with Gasteiger partial charge >= 0.3 is 0 Å². The summed E-state index contributed by atoms with van der Waals surface area (Å²) in [6.07, 6.45) is 0.593. The van der Waals surface area contributed by atoms with Gasteiger partial charge in [-0.2, -0.15) is 0 Å². The van der Waals surface area contributed by atoms with Crippen molar-refractivity contribution in [1.29, 1.82) is 0 Å². The van der Waals surface area contributed by atoms with Crippen molar-refractivity contribution < 1.29 is 18.6 Å². The van der Waals surface area contributed by atoms with Gasteiger partial charge in [0.1, 0.15) is 24.0 Å². The van der Waals surface area contributed by atoms with E-state index in [1.54, 1.807) is 32.4 Å². The van der Waals surface area contributed by atoms with Gasteiger partial charge in [0.15, 0.2) is 5.69 Å². The van der Waals surface area contributed by atoms with Gasteiger partial charge in [-0.3, -0.25) is 0 Å². The summed E-state index contributed by atoms with van der Waals surface area (Å²) in [5.74, 6) is 1.57. The maximum Gasteiger partial charge on any atom is 0.214 e. The van der Waals surface area contributed by atoms with Crippen molar-refractivity contribution in [3.8, 4) is 22.9 Å². The van der Waals surface area contributed by atoms with Crippen molar-refractivity contribution in [3.63, 3.8) is 0 Å². The summed E-state index contributed by atoms with van der Waals surface area (Å²) in [7, 11) is 3.35. The molecular formula is C32H29FN4O3. The molecule has 2 heterocycles. The number of halogens is 1. The number of pyridine rings is 1. The third-order valence-electron chi connectivity index (χ3n) is 6.70. The molecule has 40 heavy (non-hydrogen) atoms. The molecule has 0 fully saturated rings. The van der Waals surface area contributed by atoms with E-state index in [-0.39, 0.29) is 12.3 Å². The predicted molar refractivity (Wildman–Crippen MR) is 152 cm³/mol. The van der Waals surface area contributed by atoms with Gasteiger partial charge in [-0.25, -0.2) is 19.2 Å². The third kappa shape index (κ3) is 5.80. The van der Waals surface area contributed by atoms with Crippen LogP contribution in [0.15, 0.2) is 72.8 Å². The quantitative estimate of drug-likeness (QED) is 0.181. The molecule has 0 bridgehead atoms. The lowest BCUT2D eigenvalue weighted by Gasteiger charge is -2.13. The Morgan fingerprint density at radius 2 is 1.80 bits per heavy atom.